The van der Waals surface area contributed by atoms with Crippen LogP contribution in [0.25, 0.3) is 0 Å². The van der Waals surface area contributed by atoms with Crippen molar-refractivity contribution in [1.29, 1.82) is 0 Å². The first-order valence-corrected chi connectivity index (χ1v) is 7.82. The number of nitrogens with zero attached hydrogens (tertiary/aromatic N) is 1. The third-order valence-electron chi connectivity index (χ3n) is 3.04. The molecule has 0 fully saturated rings. The zero-order valence-corrected chi connectivity index (χ0v) is 13.5. The standard InChI is InChI=1S/C15H21NO4S/c1-4-16(5-2)14(18)10-20-15(19)9-7-12(17)13-8-6-11(3)21-13/h6,8H,4-5,7,9-10H2,1-3H3. The summed E-state index contributed by atoms with van der Waals surface area (Å²) in [4.78, 5) is 38.3. The predicted molar refractivity (Wildman–Crippen MR) is 81.5 cm³/mol. The molecular weight excluding hydrogens is 290 g/mol. The van der Waals surface area contributed by atoms with Gasteiger partial charge in [0.25, 0.3) is 5.91 Å². The molecule has 0 atom stereocenters. The van der Waals surface area contributed by atoms with Gasteiger partial charge in [0.1, 0.15) is 0 Å². The van der Waals surface area contributed by atoms with Crippen LogP contribution in [0.5, 0.6) is 0 Å². The number of carbonyl (C=O) groups is 3. The van der Waals surface area contributed by atoms with E-state index < -0.39 is 5.97 Å². The lowest BCUT2D eigenvalue weighted by atomic mass is 10.2. The Labute approximate surface area is 128 Å². The molecule has 0 aliphatic carbocycles. The highest BCUT2D eigenvalue weighted by molar-refractivity contribution is 7.14. The summed E-state index contributed by atoms with van der Waals surface area (Å²) in [6.45, 7) is 6.57. The Morgan fingerprint density at radius 2 is 1.81 bits per heavy atom. The minimum atomic E-state index is -0.517. The van der Waals surface area contributed by atoms with Gasteiger partial charge in [-0.2, -0.15) is 0 Å². The fourth-order valence-corrected chi connectivity index (χ4v) is 2.64. The van der Waals surface area contributed by atoms with Crippen molar-refractivity contribution in [2.24, 2.45) is 0 Å². The number of esters is 1. The molecular formula is C15H21NO4S. The average molecular weight is 311 g/mol. The molecule has 0 aromatic carbocycles. The molecule has 6 heteroatoms. The summed E-state index contributed by atoms with van der Waals surface area (Å²) < 4.78 is 4.90. The molecule has 0 bridgehead atoms. The topological polar surface area (TPSA) is 63.7 Å². The van der Waals surface area contributed by atoms with Crippen LogP contribution in [-0.4, -0.2) is 42.3 Å². The summed E-state index contributed by atoms with van der Waals surface area (Å²) in [5.41, 5.74) is 0. The molecule has 1 amide bonds. The van der Waals surface area contributed by atoms with Gasteiger partial charge in [0.15, 0.2) is 12.4 Å². The molecule has 1 rings (SSSR count). The van der Waals surface area contributed by atoms with E-state index >= 15 is 0 Å². The van der Waals surface area contributed by atoms with Gasteiger partial charge in [-0.25, -0.2) is 0 Å². The number of aryl methyl sites for hydroxylation is 1. The highest BCUT2D eigenvalue weighted by Gasteiger charge is 2.15. The van der Waals surface area contributed by atoms with Crippen LogP contribution in [0.1, 0.15) is 41.2 Å². The number of rotatable bonds is 8. The second-order valence-electron chi connectivity index (χ2n) is 4.56. The van der Waals surface area contributed by atoms with Crippen molar-refractivity contribution in [2.45, 2.75) is 33.6 Å². The first-order valence-electron chi connectivity index (χ1n) is 7.01. The van der Waals surface area contributed by atoms with Gasteiger partial charge in [-0.1, -0.05) is 0 Å². The van der Waals surface area contributed by atoms with Crippen molar-refractivity contribution in [2.75, 3.05) is 19.7 Å². The lowest BCUT2D eigenvalue weighted by Gasteiger charge is -2.18. The molecule has 0 saturated carbocycles. The monoisotopic (exact) mass is 311 g/mol. The van der Waals surface area contributed by atoms with Crippen LogP contribution >= 0.6 is 11.3 Å². The van der Waals surface area contributed by atoms with Gasteiger partial charge in [-0.15, -0.1) is 11.3 Å². The minimum absolute atomic E-state index is 0.00130. The SMILES string of the molecule is CCN(CC)C(=O)COC(=O)CCC(=O)c1ccc(C)s1. The Bertz CT molecular complexity index is 506. The largest absolute Gasteiger partial charge is 0.456 e. The third kappa shape index (κ3) is 5.67. The van der Waals surface area contributed by atoms with Crippen LogP contribution in [0.2, 0.25) is 0 Å². The van der Waals surface area contributed by atoms with Crippen molar-refractivity contribution in [1.82, 2.24) is 4.90 Å². The summed E-state index contributed by atoms with van der Waals surface area (Å²) in [7, 11) is 0. The third-order valence-corrected chi connectivity index (χ3v) is 4.09. The van der Waals surface area contributed by atoms with Crippen molar-refractivity contribution < 1.29 is 19.1 Å². The van der Waals surface area contributed by atoms with Gasteiger partial charge >= 0.3 is 5.97 Å². The molecule has 0 N–H and O–H groups in total. The number of ketones is 1. The lowest BCUT2D eigenvalue weighted by molar-refractivity contribution is -0.151. The maximum absolute atomic E-state index is 11.8. The second kappa shape index (κ2) is 8.56. The number of ether oxygens (including phenoxy) is 1. The van der Waals surface area contributed by atoms with Crippen LogP contribution < -0.4 is 0 Å². The normalized spacial score (nSPS) is 10.2. The molecule has 0 spiro atoms. The van der Waals surface area contributed by atoms with Crippen LogP contribution in [-0.2, 0) is 14.3 Å². The fourth-order valence-electron chi connectivity index (χ4n) is 1.81. The highest BCUT2D eigenvalue weighted by atomic mass is 32.1. The molecule has 0 radical (unpaired) electrons. The number of thiophene rings is 1. The van der Waals surface area contributed by atoms with E-state index in [0.29, 0.717) is 18.0 Å². The van der Waals surface area contributed by atoms with Crippen LogP contribution in [0.3, 0.4) is 0 Å². The van der Waals surface area contributed by atoms with Gasteiger partial charge in [-0.3, -0.25) is 14.4 Å². The first kappa shape index (κ1) is 17.4. The number of likely N-dealkylation sites (N-methyl/N-ethyl adjacent to an activating group) is 1. The number of hydrogen-bond donors (Lipinski definition) is 0. The van der Waals surface area contributed by atoms with E-state index in [1.165, 1.54) is 11.3 Å². The Kier molecular flexibility index (Phi) is 7.08. The van der Waals surface area contributed by atoms with Gasteiger partial charge in [-0.05, 0) is 32.9 Å². The summed E-state index contributed by atoms with van der Waals surface area (Å²) in [5, 5.41) is 0. The van der Waals surface area contributed by atoms with E-state index in [-0.39, 0.29) is 31.1 Å². The molecule has 1 heterocycles. The van der Waals surface area contributed by atoms with E-state index in [0.717, 1.165) is 4.88 Å². The average Bonchev–Trinajstić information content (AvgIpc) is 2.90. The molecule has 5 nitrogen and oxygen atoms in total. The number of hydrogen-bond acceptors (Lipinski definition) is 5. The summed E-state index contributed by atoms with van der Waals surface area (Å²) in [6, 6.07) is 3.64. The molecule has 0 unspecified atom stereocenters. The van der Waals surface area contributed by atoms with Gasteiger partial charge < -0.3 is 9.64 Å². The number of Topliss-reactive ketones (excluding diaryl/α,β-unsaturated/α-hetero) is 1. The first-order chi connectivity index (χ1) is 9.97. The maximum Gasteiger partial charge on any atom is 0.306 e. The summed E-state index contributed by atoms with van der Waals surface area (Å²) in [6.07, 6.45) is 0.111. The van der Waals surface area contributed by atoms with Crippen LogP contribution in [0.15, 0.2) is 12.1 Å². The van der Waals surface area contributed by atoms with Crippen molar-refractivity contribution >= 4 is 29.0 Å². The quantitative estimate of drug-likeness (QED) is 0.546. The smallest absolute Gasteiger partial charge is 0.306 e. The Morgan fingerprint density at radius 3 is 2.33 bits per heavy atom. The fraction of sp³-hybridized carbons (Fsp3) is 0.533. The van der Waals surface area contributed by atoms with Crippen LogP contribution in [0, 0.1) is 6.92 Å². The number of amides is 1. The van der Waals surface area contributed by atoms with Gasteiger partial charge in [0.05, 0.1) is 11.3 Å². The number of carbonyl (C=O) groups excluding carboxylic acids is 3. The zero-order chi connectivity index (χ0) is 15.8. The van der Waals surface area contributed by atoms with E-state index in [4.69, 9.17) is 4.74 Å². The molecule has 21 heavy (non-hydrogen) atoms. The van der Waals surface area contributed by atoms with Crippen LogP contribution in [0.4, 0.5) is 0 Å². The van der Waals surface area contributed by atoms with Crippen molar-refractivity contribution in [3.8, 4) is 0 Å². The summed E-state index contributed by atoms with van der Waals surface area (Å²) >= 11 is 1.41. The van der Waals surface area contributed by atoms with Gasteiger partial charge in [0.2, 0.25) is 0 Å². The molecule has 1 aromatic heterocycles. The predicted octanol–water partition coefficient (Wildman–Crippen LogP) is 2.43. The summed E-state index contributed by atoms with van der Waals surface area (Å²) in [5.74, 6) is -0.800. The van der Waals surface area contributed by atoms with E-state index in [1.807, 2.05) is 26.8 Å². The van der Waals surface area contributed by atoms with E-state index in [1.54, 1.807) is 11.0 Å². The van der Waals surface area contributed by atoms with Gasteiger partial charge in [0, 0.05) is 24.4 Å². The van der Waals surface area contributed by atoms with E-state index in [9.17, 15) is 14.4 Å². The minimum Gasteiger partial charge on any atom is -0.456 e. The lowest BCUT2D eigenvalue weighted by Crippen LogP contribution is -2.34. The maximum atomic E-state index is 11.8. The molecule has 0 aliphatic rings. The molecule has 0 aliphatic heterocycles. The highest BCUT2D eigenvalue weighted by Crippen LogP contribution is 2.17. The second-order valence-corrected chi connectivity index (χ2v) is 5.85. The Hall–Kier alpha value is -1.69. The van der Waals surface area contributed by atoms with Crippen molar-refractivity contribution in [3.63, 3.8) is 0 Å². The van der Waals surface area contributed by atoms with Crippen molar-refractivity contribution in [3.05, 3.63) is 21.9 Å². The Balaban J connectivity index is 2.31. The molecule has 0 saturated heterocycles. The Morgan fingerprint density at radius 1 is 1.14 bits per heavy atom. The van der Waals surface area contributed by atoms with E-state index in [2.05, 4.69) is 0 Å². The zero-order valence-electron chi connectivity index (χ0n) is 12.7. The molecule has 1 aromatic rings. The molecule has 116 valence electrons.